The lowest BCUT2D eigenvalue weighted by Crippen LogP contribution is -2.12. The van der Waals surface area contributed by atoms with Gasteiger partial charge in [0.25, 0.3) is 19.1 Å². The van der Waals surface area contributed by atoms with Crippen LogP contribution in [0.3, 0.4) is 0 Å². The summed E-state index contributed by atoms with van der Waals surface area (Å²) in [6, 6.07) is 25.6. The van der Waals surface area contributed by atoms with Gasteiger partial charge in [0.15, 0.2) is 5.65 Å². The summed E-state index contributed by atoms with van der Waals surface area (Å²) in [6.07, 6.45) is 10.2. The van der Waals surface area contributed by atoms with Crippen LogP contribution in [0.2, 0.25) is 0 Å². The zero-order valence-electron chi connectivity index (χ0n) is 19.4. The first-order valence-corrected chi connectivity index (χ1v) is 14.8. The molecule has 0 radical (unpaired) electrons. The molecular formula is C27H22ClN3O4S2. The Morgan fingerprint density at radius 2 is 1.32 bits per heavy atom. The quantitative estimate of drug-likeness (QED) is 0.273. The fourth-order valence-corrected chi connectivity index (χ4v) is 5.62. The maximum atomic E-state index is 12.4. The molecule has 0 saturated heterocycles. The van der Waals surface area contributed by atoms with Gasteiger partial charge in [-0.15, -0.1) is 0 Å². The summed E-state index contributed by atoms with van der Waals surface area (Å²) in [5.74, 6) is 0. The van der Waals surface area contributed by atoms with Crippen molar-refractivity contribution in [2.75, 3.05) is 0 Å². The summed E-state index contributed by atoms with van der Waals surface area (Å²) in [5.41, 5.74) is 2.93. The maximum Gasteiger partial charge on any atom is 0.269 e. The number of fused-ring (bicyclic) bond motifs is 2. The van der Waals surface area contributed by atoms with Crippen LogP contribution in [0.1, 0.15) is 11.3 Å². The van der Waals surface area contributed by atoms with Gasteiger partial charge in [-0.3, -0.25) is 4.98 Å². The molecule has 0 saturated carbocycles. The van der Waals surface area contributed by atoms with Gasteiger partial charge in [-0.25, -0.2) is 25.8 Å². The van der Waals surface area contributed by atoms with Gasteiger partial charge in [-0.05, 0) is 54.1 Å². The van der Waals surface area contributed by atoms with Crippen molar-refractivity contribution >= 4 is 46.9 Å². The molecule has 6 rings (SSSR count). The molecule has 0 spiro atoms. The molecular weight excluding hydrogens is 530 g/mol. The molecule has 1 aliphatic carbocycles. The normalized spacial score (nSPS) is 12.1. The van der Waals surface area contributed by atoms with Gasteiger partial charge in [0, 0.05) is 41.1 Å². The van der Waals surface area contributed by atoms with Gasteiger partial charge in [-0.2, -0.15) is 0 Å². The summed E-state index contributed by atoms with van der Waals surface area (Å²) in [5, 5.41) is 0.803. The summed E-state index contributed by atoms with van der Waals surface area (Å²) >= 11 is 0. The molecule has 10 heteroatoms. The standard InChI is InChI=1S/C13H10N2O2S.C8H7N.C6H5ClO2S/c16-18(17,12-6-2-1-3-7-12)15-10-8-11-5-4-9-14-13(11)15;1-3-7-4-2-6-9-8(7)5-1;7-10(8,9)6-4-2-1-3-5-6/h1-10H;1-4,6H,5H2;1-5H. The number of halogens is 1. The van der Waals surface area contributed by atoms with Crippen LogP contribution in [0.25, 0.3) is 17.1 Å². The average molecular weight is 552 g/mol. The van der Waals surface area contributed by atoms with Crippen molar-refractivity contribution < 1.29 is 16.8 Å². The fraction of sp³-hybridized carbons (Fsp3) is 0.0370. The van der Waals surface area contributed by atoms with Crippen molar-refractivity contribution in [3.8, 4) is 0 Å². The lowest BCUT2D eigenvalue weighted by atomic mass is 10.2. The van der Waals surface area contributed by atoms with E-state index in [0.717, 1.165) is 11.8 Å². The van der Waals surface area contributed by atoms with E-state index in [1.807, 2.05) is 18.3 Å². The number of pyridine rings is 2. The van der Waals surface area contributed by atoms with Crippen LogP contribution < -0.4 is 0 Å². The van der Waals surface area contributed by atoms with E-state index in [1.165, 1.54) is 33.6 Å². The van der Waals surface area contributed by atoms with E-state index in [4.69, 9.17) is 10.7 Å². The maximum absolute atomic E-state index is 12.4. The molecule has 0 amide bonds. The average Bonchev–Trinajstić information content (AvgIpc) is 3.58. The predicted molar refractivity (Wildman–Crippen MR) is 145 cm³/mol. The van der Waals surface area contributed by atoms with E-state index in [0.29, 0.717) is 5.65 Å². The Balaban J connectivity index is 0.000000142. The minimum Gasteiger partial charge on any atom is -0.260 e. The molecule has 0 unspecified atom stereocenters. The van der Waals surface area contributed by atoms with Crippen molar-refractivity contribution in [2.45, 2.75) is 16.2 Å². The molecule has 5 aromatic rings. The highest BCUT2D eigenvalue weighted by atomic mass is 35.7. The number of rotatable bonds is 3. The van der Waals surface area contributed by atoms with E-state index in [2.05, 4.69) is 28.2 Å². The zero-order valence-corrected chi connectivity index (χ0v) is 21.8. The van der Waals surface area contributed by atoms with Crippen LogP contribution >= 0.6 is 10.7 Å². The van der Waals surface area contributed by atoms with Crippen LogP contribution in [0.4, 0.5) is 0 Å². The first kappa shape index (κ1) is 26.3. The highest BCUT2D eigenvalue weighted by molar-refractivity contribution is 8.13. The second-order valence-corrected chi connectivity index (χ2v) is 12.1. The molecule has 0 atom stereocenters. The minimum atomic E-state index is -3.57. The van der Waals surface area contributed by atoms with Gasteiger partial charge < -0.3 is 0 Å². The van der Waals surface area contributed by atoms with E-state index < -0.39 is 19.1 Å². The number of nitrogens with zero attached hydrogens (tertiary/aromatic N) is 3. The lowest BCUT2D eigenvalue weighted by molar-refractivity contribution is 0.588. The van der Waals surface area contributed by atoms with Gasteiger partial charge >= 0.3 is 0 Å². The van der Waals surface area contributed by atoms with E-state index in [9.17, 15) is 16.8 Å². The fourth-order valence-electron chi connectivity index (χ4n) is 3.50. The van der Waals surface area contributed by atoms with Crippen LogP contribution in [-0.4, -0.2) is 30.8 Å². The highest BCUT2D eigenvalue weighted by Crippen LogP contribution is 2.20. The third-order valence-electron chi connectivity index (χ3n) is 5.27. The summed E-state index contributed by atoms with van der Waals surface area (Å²) < 4.78 is 47.3. The van der Waals surface area contributed by atoms with Crippen LogP contribution in [0, 0.1) is 0 Å². The Kier molecular flexibility index (Phi) is 8.17. The van der Waals surface area contributed by atoms with Crippen molar-refractivity contribution in [3.63, 3.8) is 0 Å². The highest BCUT2D eigenvalue weighted by Gasteiger charge is 2.18. The Bertz CT molecular complexity index is 1740. The Morgan fingerprint density at radius 3 is 1.95 bits per heavy atom. The van der Waals surface area contributed by atoms with Crippen LogP contribution in [-0.2, 0) is 25.5 Å². The smallest absolute Gasteiger partial charge is 0.260 e. The molecule has 0 aliphatic heterocycles. The summed E-state index contributed by atoms with van der Waals surface area (Å²) in [4.78, 5) is 8.71. The topological polar surface area (TPSA) is 99.0 Å². The molecule has 188 valence electrons. The van der Waals surface area contributed by atoms with Crippen LogP contribution in [0.15, 0.2) is 125 Å². The number of allylic oxidation sites excluding steroid dienone is 1. The lowest BCUT2D eigenvalue weighted by Gasteiger charge is -2.06. The first-order chi connectivity index (χ1) is 17.8. The molecule has 0 fully saturated rings. The minimum absolute atomic E-state index is 0.136. The monoisotopic (exact) mass is 551 g/mol. The second kappa shape index (κ2) is 11.5. The molecule has 0 bridgehead atoms. The zero-order chi connectivity index (χ0) is 26.3. The summed E-state index contributed by atoms with van der Waals surface area (Å²) in [7, 11) is -2.07. The Labute approximate surface area is 220 Å². The second-order valence-electron chi connectivity index (χ2n) is 7.74. The summed E-state index contributed by atoms with van der Waals surface area (Å²) in [6.45, 7) is 0. The largest absolute Gasteiger partial charge is 0.269 e. The van der Waals surface area contributed by atoms with Crippen molar-refractivity contribution in [1.29, 1.82) is 0 Å². The Morgan fingerprint density at radius 1 is 0.703 bits per heavy atom. The molecule has 3 heterocycles. The SMILES string of the molecule is C1=Cc2cccnc2C1.O=S(=O)(Cl)c1ccccc1.O=S(=O)(c1ccccc1)n1ccc2cccnc21. The van der Waals surface area contributed by atoms with Gasteiger partial charge in [-0.1, -0.05) is 54.6 Å². The number of benzene rings is 2. The number of hydrogen-bond acceptors (Lipinski definition) is 6. The molecule has 2 aromatic carbocycles. The van der Waals surface area contributed by atoms with Crippen molar-refractivity contribution in [3.05, 3.63) is 127 Å². The number of aromatic nitrogens is 3. The molecule has 0 N–H and O–H groups in total. The van der Waals surface area contributed by atoms with E-state index in [-0.39, 0.29) is 9.79 Å². The molecule has 37 heavy (non-hydrogen) atoms. The van der Waals surface area contributed by atoms with Crippen LogP contribution in [0.5, 0.6) is 0 Å². The van der Waals surface area contributed by atoms with Gasteiger partial charge in [0.05, 0.1) is 15.5 Å². The number of hydrogen-bond donors (Lipinski definition) is 0. The van der Waals surface area contributed by atoms with Crippen molar-refractivity contribution in [1.82, 2.24) is 13.9 Å². The first-order valence-electron chi connectivity index (χ1n) is 11.1. The van der Waals surface area contributed by atoms with Gasteiger partial charge in [0.2, 0.25) is 0 Å². The Hall–Kier alpha value is -3.79. The third-order valence-corrected chi connectivity index (χ3v) is 8.32. The van der Waals surface area contributed by atoms with E-state index >= 15 is 0 Å². The molecule has 7 nitrogen and oxygen atoms in total. The predicted octanol–water partition coefficient (Wildman–Crippen LogP) is 5.54. The van der Waals surface area contributed by atoms with Gasteiger partial charge in [0.1, 0.15) is 0 Å². The van der Waals surface area contributed by atoms with Crippen molar-refractivity contribution in [2.24, 2.45) is 0 Å². The third kappa shape index (κ3) is 6.51. The van der Waals surface area contributed by atoms with E-state index in [1.54, 1.807) is 66.9 Å². The molecule has 1 aliphatic rings. The molecule has 3 aromatic heterocycles.